The van der Waals surface area contributed by atoms with Crippen LogP contribution < -0.4 is 10.1 Å². The number of nitrogens with one attached hydrogen (secondary N) is 1. The average molecular weight is 390 g/mol. The Balaban J connectivity index is 1.37. The van der Waals surface area contributed by atoms with Gasteiger partial charge in [0.2, 0.25) is 5.91 Å². The van der Waals surface area contributed by atoms with Crippen LogP contribution in [0.5, 0.6) is 5.75 Å². The number of aryl methyl sites for hydroxylation is 1. The van der Waals surface area contributed by atoms with E-state index in [-0.39, 0.29) is 5.91 Å². The van der Waals surface area contributed by atoms with Crippen LogP contribution in [0, 0.1) is 6.92 Å². The lowest BCUT2D eigenvalue weighted by Crippen LogP contribution is -2.28. The first kappa shape index (κ1) is 19.2. The summed E-state index contributed by atoms with van der Waals surface area (Å²) < 4.78 is 7.30. The topological polar surface area (TPSA) is 69.0 Å². The molecule has 1 fully saturated rings. The number of nitrogens with zero attached hydrogens (tertiary/aromatic N) is 3. The van der Waals surface area contributed by atoms with Crippen molar-refractivity contribution in [2.45, 2.75) is 38.6 Å². The van der Waals surface area contributed by atoms with E-state index in [4.69, 9.17) is 9.84 Å². The summed E-state index contributed by atoms with van der Waals surface area (Å²) in [5, 5.41) is 7.79. The minimum atomic E-state index is -0.0159. The average Bonchev–Trinajstić information content (AvgIpc) is 3.49. The summed E-state index contributed by atoms with van der Waals surface area (Å²) in [5.74, 6) is 1.29. The number of amides is 1. The maximum Gasteiger partial charge on any atom is 0.224 e. The molecule has 29 heavy (non-hydrogen) atoms. The van der Waals surface area contributed by atoms with Gasteiger partial charge in [-0.05, 0) is 43.5 Å². The normalized spacial score (nSPS) is 13.3. The number of methoxy groups -OCH3 is 1. The Labute approximate surface area is 170 Å². The molecule has 1 amide bonds. The predicted octanol–water partition coefficient (Wildman–Crippen LogP) is 3.50. The van der Waals surface area contributed by atoms with Crippen LogP contribution in [0.15, 0.2) is 48.9 Å². The fourth-order valence-corrected chi connectivity index (χ4v) is 3.55. The molecule has 6 heteroatoms. The number of pyridine rings is 1. The number of carbonyl (C=O) groups excluding carboxylic acids is 1. The van der Waals surface area contributed by atoms with Crippen molar-refractivity contribution in [1.29, 1.82) is 0 Å². The van der Waals surface area contributed by atoms with Crippen molar-refractivity contribution in [3.63, 3.8) is 0 Å². The van der Waals surface area contributed by atoms with Crippen LogP contribution in [0.4, 0.5) is 0 Å². The molecule has 3 aromatic rings. The van der Waals surface area contributed by atoms with Gasteiger partial charge in [-0.25, -0.2) is 0 Å². The van der Waals surface area contributed by atoms with Crippen LogP contribution in [0.2, 0.25) is 0 Å². The highest BCUT2D eigenvalue weighted by molar-refractivity contribution is 5.79. The number of benzene rings is 1. The summed E-state index contributed by atoms with van der Waals surface area (Å²) in [6.07, 6.45) is 8.40. The molecule has 1 aliphatic rings. The first-order valence-electron chi connectivity index (χ1n) is 10.0. The number of aromatic nitrogens is 3. The molecule has 6 nitrogen and oxygen atoms in total. The molecule has 0 radical (unpaired) electrons. The Hall–Kier alpha value is -3.15. The van der Waals surface area contributed by atoms with Gasteiger partial charge in [-0.1, -0.05) is 17.7 Å². The van der Waals surface area contributed by atoms with E-state index >= 15 is 0 Å². The first-order chi connectivity index (χ1) is 14.1. The fourth-order valence-electron chi connectivity index (χ4n) is 3.55. The van der Waals surface area contributed by atoms with E-state index < -0.39 is 0 Å². The Morgan fingerprint density at radius 3 is 2.76 bits per heavy atom. The molecule has 1 saturated carbocycles. The quantitative estimate of drug-likeness (QED) is 0.639. The SMILES string of the molecule is COc1ccc(C)cc1CC(=O)NCCn1cc(-c2ccncc2)c(C2CC2)n1. The number of hydrogen-bond acceptors (Lipinski definition) is 4. The van der Waals surface area contributed by atoms with E-state index in [9.17, 15) is 4.79 Å². The van der Waals surface area contributed by atoms with E-state index in [1.807, 2.05) is 54.3 Å². The lowest BCUT2D eigenvalue weighted by Gasteiger charge is -2.10. The third kappa shape index (κ3) is 4.65. The molecule has 0 bridgehead atoms. The lowest BCUT2D eigenvalue weighted by atomic mass is 10.1. The maximum atomic E-state index is 12.4. The molecule has 1 N–H and O–H groups in total. The van der Waals surface area contributed by atoms with E-state index in [1.165, 1.54) is 18.4 Å². The number of hydrogen-bond donors (Lipinski definition) is 1. The monoisotopic (exact) mass is 390 g/mol. The predicted molar refractivity (Wildman–Crippen MR) is 112 cm³/mol. The molecule has 0 atom stereocenters. The van der Waals surface area contributed by atoms with Crippen LogP contribution >= 0.6 is 0 Å². The van der Waals surface area contributed by atoms with Crippen molar-refractivity contribution >= 4 is 5.91 Å². The second kappa shape index (κ2) is 8.47. The van der Waals surface area contributed by atoms with Crippen molar-refractivity contribution in [3.05, 3.63) is 65.7 Å². The molecule has 0 spiro atoms. The second-order valence-corrected chi connectivity index (χ2v) is 7.54. The van der Waals surface area contributed by atoms with Crippen molar-refractivity contribution in [3.8, 4) is 16.9 Å². The van der Waals surface area contributed by atoms with Crippen molar-refractivity contribution in [2.24, 2.45) is 0 Å². The number of ether oxygens (including phenoxy) is 1. The lowest BCUT2D eigenvalue weighted by molar-refractivity contribution is -0.120. The number of rotatable bonds is 8. The molecule has 2 heterocycles. The molecule has 1 aromatic carbocycles. The van der Waals surface area contributed by atoms with Crippen molar-refractivity contribution in [1.82, 2.24) is 20.1 Å². The van der Waals surface area contributed by atoms with Crippen LogP contribution in [-0.4, -0.2) is 34.3 Å². The minimum Gasteiger partial charge on any atom is -0.496 e. The molecule has 0 aliphatic heterocycles. The standard InChI is InChI=1S/C23H26N4O2/c1-16-3-6-21(29-2)19(13-16)14-22(28)25-11-12-27-15-20(17-7-9-24-10-8-17)23(26-27)18-4-5-18/h3,6-10,13,15,18H,4-5,11-12,14H2,1-2H3,(H,25,28). The molecule has 150 valence electrons. The maximum absolute atomic E-state index is 12.4. The van der Waals surface area contributed by atoms with Gasteiger partial charge in [0.15, 0.2) is 0 Å². The summed E-state index contributed by atoms with van der Waals surface area (Å²) in [5.41, 5.74) is 5.49. The van der Waals surface area contributed by atoms with E-state index in [2.05, 4.69) is 16.5 Å². The Kier molecular flexibility index (Phi) is 5.60. The first-order valence-corrected chi connectivity index (χ1v) is 10.0. The second-order valence-electron chi connectivity index (χ2n) is 7.54. The minimum absolute atomic E-state index is 0.0159. The van der Waals surface area contributed by atoms with Crippen molar-refractivity contribution in [2.75, 3.05) is 13.7 Å². The Morgan fingerprint density at radius 2 is 2.03 bits per heavy atom. The summed E-state index contributed by atoms with van der Waals surface area (Å²) in [7, 11) is 1.63. The molecule has 2 aromatic heterocycles. The Bertz CT molecular complexity index is 993. The summed E-state index contributed by atoms with van der Waals surface area (Å²) in [4.78, 5) is 16.5. The summed E-state index contributed by atoms with van der Waals surface area (Å²) in [6, 6.07) is 9.92. The third-order valence-electron chi connectivity index (χ3n) is 5.20. The van der Waals surface area contributed by atoms with E-state index in [0.29, 0.717) is 25.4 Å². The van der Waals surface area contributed by atoms with Crippen LogP contribution in [0.1, 0.15) is 35.6 Å². The van der Waals surface area contributed by atoms with Crippen LogP contribution in [-0.2, 0) is 17.8 Å². The van der Waals surface area contributed by atoms with Gasteiger partial charge >= 0.3 is 0 Å². The van der Waals surface area contributed by atoms with Gasteiger partial charge in [0.1, 0.15) is 5.75 Å². The molecule has 1 aliphatic carbocycles. The van der Waals surface area contributed by atoms with E-state index in [0.717, 1.165) is 28.1 Å². The van der Waals surface area contributed by atoms with Gasteiger partial charge in [0.05, 0.1) is 25.8 Å². The van der Waals surface area contributed by atoms with E-state index in [1.54, 1.807) is 7.11 Å². The molecule has 0 saturated heterocycles. The fraction of sp³-hybridized carbons (Fsp3) is 0.348. The third-order valence-corrected chi connectivity index (χ3v) is 5.20. The molecular formula is C23H26N4O2. The van der Waals surface area contributed by atoms with Crippen LogP contribution in [0.3, 0.4) is 0 Å². The zero-order valence-electron chi connectivity index (χ0n) is 16.9. The molecular weight excluding hydrogens is 364 g/mol. The number of carbonyl (C=O) groups is 1. The Morgan fingerprint density at radius 1 is 1.24 bits per heavy atom. The smallest absolute Gasteiger partial charge is 0.224 e. The van der Waals surface area contributed by atoms with Crippen molar-refractivity contribution < 1.29 is 9.53 Å². The highest BCUT2D eigenvalue weighted by Gasteiger charge is 2.29. The zero-order valence-corrected chi connectivity index (χ0v) is 16.9. The van der Waals surface area contributed by atoms with Gasteiger partial charge in [-0.15, -0.1) is 0 Å². The van der Waals surface area contributed by atoms with Gasteiger partial charge in [-0.3, -0.25) is 14.5 Å². The summed E-state index contributed by atoms with van der Waals surface area (Å²) in [6.45, 7) is 3.19. The van der Waals surface area contributed by atoms with Crippen LogP contribution in [0.25, 0.3) is 11.1 Å². The highest BCUT2D eigenvalue weighted by Crippen LogP contribution is 2.43. The zero-order chi connectivity index (χ0) is 20.2. The van der Waals surface area contributed by atoms with Gasteiger partial charge in [0.25, 0.3) is 0 Å². The molecule has 0 unspecified atom stereocenters. The van der Waals surface area contributed by atoms with Gasteiger partial charge in [0, 0.05) is 42.2 Å². The molecule has 4 rings (SSSR count). The summed E-state index contributed by atoms with van der Waals surface area (Å²) >= 11 is 0. The van der Waals surface area contributed by atoms with Gasteiger partial charge in [-0.2, -0.15) is 5.10 Å². The van der Waals surface area contributed by atoms with Gasteiger partial charge < -0.3 is 10.1 Å². The largest absolute Gasteiger partial charge is 0.496 e. The highest BCUT2D eigenvalue weighted by atomic mass is 16.5.